The van der Waals surface area contributed by atoms with Gasteiger partial charge < -0.3 is 9.84 Å². The molecule has 1 N–H and O–H groups in total. The molecule has 4 aliphatic carbocycles. The van der Waals surface area contributed by atoms with Gasteiger partial charge in [0.25, 0.3) is 0 Å². The van der Waals surface area contributed by atoms with E-state index in [0.29, 0.717) is 11.3 Å². The van der Waals surface area contributed by atoms with Crippen LogP contribution in [0.25, 0.3) is 0 Å². The summed E-state index contributed by atoms with van der Waals surface area (Å²) in [4.78, 5) is 0. The van der Waals surface area contributed by atoms with E-state index in [9.17, 15) is 0 Å². The third-order valence-corrected chi connectivity index (χ3v) is 6.03. The molecule has 0 amide bonds. The van der Waals surface area contributed by atoms with Crippen LogP contribution in [0, 0.1) is 23.7 Å². The Labute approximate surface area is 127 Å². The van der Waals surface area contributed by atoms with Crippen molar-refractivity contribution in [3.8, 4) is 0 Å². The number of nitrogens with zero attached hydrogens (tertiary/aromatic N) is 1. The van der Waals surface area contributed by atoms with Gasteiger partial charge in [-0.3, -0.25) is 0 Å². The van der Waals surface area contributed by atoms with Crippen molar-refractivity contribution in [2.75, 3.05) is 6.54 Å². The summed E-state index contributed by atoms with van der Waals surface area (Å²) in [5, 5.41) is 7.72. The summed E-state index contributed by atoms with van der Waals surface area (Å²) in [5.41, 5.74) is 1.65. The zero-order valence-electron chi connectivity index (χ0n) is 13.4. The molecule has 0 atom stereocenters. The Morgan fingerprint density at radius 3 is 2.38 bits per heavy atom. The molecule has 0 saturated heterocycles. The molecule has 0 unspecified atom stereocenters. The number of aromatic nitrogens is 1. The molecule has 0 aliphatic heterocycles. The van der Waals surface area contributed by atoms with Crippen molar-refractivity contribution < 1.29 is 4.52 Å². The van der Waals surface area contributed by atoms with Gasteiger partial charge in [0.15, 0.2) is 0 Å². The number of hydrogen-bond donors (Lipinski definition) is 1. The smallest absolute Gasteiger partial charge is 0.147 e. The topological polar surface area (TPSA) is 38.1 Å². The molecule has 0 radical (unpaired) electrons. The molecule has 1 heterocycles. The van der Waals surface area contributed by atoms with Gasteiger partial charge in [0.05, 0.1) is 6.20 Å². The van der Waals surface area contributed by atoms with E-state index in [-0.39, 0.29) is 0 Å². The minimum Gasteiger partial charge on any atom is -0.360 e. The second kappa shape index (κ2) is 5.12. The van der Waals surface area contributed by atoms with Crippen molar-refractivity contribution in [1.29, 1.82) is 0 Å². The van der Waals surface area contributed by atoms with Gasteiger partial charge in [-0.05, 0) is 68.7 Å². The van der Waals surface area contributed by atoms with Gasteiger partial charge in [-0.2, -0.15) is 0 Å². The molecule has 5 rings (SSSR count). The minimum absolute atomic E-state index is 0.333. The maximum atomic E-state index is 5.82. The third-order valence-electron chi connectivity index (χ3n) is 6.03. The Hall–Kier alpha value is -0.830. The quantitative estimate of drug-likeness (QED) is 0.893. The van der Waals surface area contributed by atoms with Crippen LogP contribution in [0.4, 0.5) is 0 Å². The third kappa shape index (κ3) is 2.44. The number of hydrogen-bond acceptors (Lipinski definition) is 3. The van der Waals surface area contributed by atoms with Crippen molar-refractivity contribution in [1.82, 2.24) is 10.5 Å². The predicted molar refractivity (Wildman–Crippen MR) is 82.9 cm³/mol. The zero-order valence-corrected chi connectivity index (χ0v) is 13.4. The molecular formula is C18H28N2O. The highest BCUT2D eigenvalue weighted by molar-refractivity contribution is 5.27. The van der Waals surface area contributed by atoms with Gasteiger partial charge in [0.1, 0.15) is 5.76 Å². The average molecular weight is 288 g/mol. The van der Waals surface area contributed by atoms with Crippen LogP contribution >= 0.6 is 0 Å². The first-order valence-electron chi connectivity index (χ1n) is 8.79. The maximum absolute atomic E-state index is 5.82. The van der Waals surface area contributed by atoms with Gasteiger partial charge >= 0.3 is 0 Å². The molecule has 116 valence electrons. The summed E-state index contributed by atoms with van der Waals surface area (Å²) in [6, 6.07) is 0. The van der Waals surface area contributed by atoms with E-state index < -0.39 is 0 Å². The summed E-state index contributed by atoms with van der Waals surface area (Å²) < 4.78 is 5.82. The highest BCUT2D eigenvalue weighted by Gasteiger charge is 2.54. The Morgan fingerprint density at radius 1 is 1.19 bits per heavy atom. The van der Waals surface area contributed by atoms with Crippen LogP contribution in [-0.2, 0) is 12.0 Å². The molecule has 1 aromatic heterocycles. The standard InChI is InChI=1S/C18H28N2O/c1-12(2)9-19-10-16-11-20-21-17(16)18-6-13-3-14(7-18)5-15(4-13)8-18/h11-15,19H,3-10H2,1-2H3. The van der Waals surface area contributed by atoms with E-state index in [2.05, 4.69) is 24.3 Å². The summed E-state index contributed by atoms with van der Waals surface area (Å²) in [5.74, 6) is 4.79. The Bertz CT molecular complexity index is 470. The summed E-state index contributed by atoms with van der Waals surface area (Å²) in [7, 11) is 0. The van der Waals surface area contributed by atoms with Gasteiger partial charge in [-0.1, -0.05) is 19.0 Å². The lowest BCUT2D eigenvalue weighted by atomic mass is 9.49. The molecule has 4 saturated carbocycles. The summed E-state index contributed by atoms with van der Waals surface area (Å²) >= 11 is 0. The lowest BCUT2D eigenvalue weighted by Gasteiger charge is -2.55. The van der Waals surface area contributed by atoms with Crippen molar-refractivity contribution >= 4 is 0 Å². The van der Waals surface area contributed by atoms with Gasteiger partial charge in [-0.15, -0.1) is 0 Å². The molecule has 21 heavy (non-hydrogen) atoms. The molecular weight excluding hydrogens is 260 g/mol. The van der Waals surface area contributed by atoms with Crippen LogP contribution in [0.5, 0.6) is 0 Å². The second-order valence-electron chi connectivity index (χ2n) is 8.40. The average Bonchev–Trinajstić information content (AvgIpc) is 2.85. The van der Waals surface area contributed by atoms with Gasteiger partial charge in [0, 0.05) is 17.5 Å². The maximum Gasteiger partial charge on any atom is 0.147 e. The molecule has 4 aliphatic rings. The summed E-state index contributed by atoms with van der Waals surface area (Å²) in [6.45, 7) is 6.48. The number of rotatable bonds is 5. The highest BCUT2D eigenvalue weighted by atomic mass is 16.5. The van der Waals surface area contributed by atoms with Crippen LogP contribution in [0.3, 0.4) is 0 Å². The van der Waals surface area contributed by atoms with Crippen LogP contribution < -0.4 is 5.32 Å². The molecule has 4 bridgehead atoms. The van der Waals surface area contributed by atoms with Crippen LogP contribution in [-0.4, -0.2) is 11.7 Å². The first-order valence-corrected chi connectivity index (χ1v) is 8.79. The molecule has 3 nitrogen and oxygen atoms in total. The molecule has 0 spiro atoms. The van der Waals surface area contributed by atoms with Crippen molar-refractivity contribution in [3.05, 3.63) is 17.5 Å². The van der Waals surface area contributed by atoms with Crippen molar-refractivity contribution in [3.63, 3.8) is 0 Å². The van der Waals surface area contributed by atoms with Gasteiger partial charge in [-0.25, -0.2) is 0 Å². The highest BCUT2D eigenvalue weighted by Crippen LogP contribution is 2.61. The zero-order chi connectivity index (χ0) is 14.4. The van der Waals surface area contributed by atoms with Crippen LogP contribution in [0.1, 0.15) is 63.7 Å². The lowest BCUT2D eigenvalue weighted by molar-refractivity contribution is -0.0181. The van der Waals surface area contributed by atoms with E-state index in [4.69, 9.17) is 4.52 Å². The molecule has 1 aromatic rings. The Balaban J connectivity index is 1.55. The Morgan fingerprint density at radius 2 is 1.81 bits per heavy atom. The fourth-order valence-corrected chi connectivity index (χ4v) is 5.71. The molecule has 3 heteroatoms. The Kier molecular flexibility index (Phi) is 3.36. The summed E-state index contributed by atoms with van der Waals surface area (Å²) in [6.07, 6.45) is 10.5. The van der Waals surface area contributed by atoms with Gasteiger partial charge in [0.2, 0.25) is 0 Å². The number of nitrogens with one attached hydrogen (secondary N) is 1. The second-order valence-corrected chi connectivity index (χ2v) is 8.40. The first kappa shape index (κ1) is 13.8. The van der Waals surface area contributed by atoms with Crippen LogP contribution in [0.15, 0.2) is 10.7 Å². The van der Waals surface area contributed by atoms with E-state index in [0.717, 1.165) is 30.8 Å². The molecule has 4 fully saturated rings. The van der Waals surface area contributed by atoms with E-state index in [1.807, 2.05) is 6.20 Å². The largest absolute Gasteiger partial charge is 0.360 e. The first-order chi connectivity index (χ1) is 10.1. The monoisotopic (exact) mass is 288 g/mol. The van der Waals surface area contributed by atoms with E-state index in [1.54, 1.807) is 0 Å². The predicted octanol–water partition coefficient (Wildman–Crippen LogP) is 3.89. The normalized spacial score (nSPS) is 37.6. The van der Waals surface area contributed by atoms with E-state index in [1.165, 1.54) is 49.8 Å². The van der Waals surface area contributed by atoms with Crippen LogP contribution in [0.2, 0.25) is 0 Å². The molecule has 0 aromatic carbocycles. The van der Waals surface area contributed by atoms with Crippen molar-refractivity contribution in [2.45, 2.75) is 64.3 Å². The van der Waals surface area contributed by atoms with Crippen molar-refractivity contribution in [2.24, 2.45) is 23.7 Å². The fraction of sp³-hybridized carbons (Fsp3) is 0.833. The van der Waals surface area contributed by atoms with E-state index >= 15 is 0 Å². The fourth-order valence-electron chi connectivity index (χ4n) is 5.71. The lowest BCUT2D eigenvalue weighted by Crippen LogP contribution is -2.48. The minimum atomic E-state index is 0.333. The SMILES string of the molecule is CC(C)CNCc1cnoc1C12CC3CC(CC(C3)C1)C2.